The molecule has 0 spiro atoms. The van der Waals surface area contributed by atoms with Crippen LogP contribution in [0.25, 0.3) is 10.7 Å². The predicted molar refractivity (Wildman–Crippen MR) is 66.2 cm³/mol. The minimum absolute atomic E-state index is 0.762. The summed E-state index contributed by atoms with van der Waals surface area (Å²) in [4.78, 5) is 6.47. The lowest BCUT2D eigenvalue weighted by molar-refractivity contribution is 0.122. The molecule has 0 bridgehead atoms. The van der Waals surface area contributed by atoms with Gasteiger partial charge in [-0.1, -0.05) is 17.4 Å². The van der Waals surface area contributed by atoms with E-state index < -0.39 is 0 Å². The number of aromatic nitrogens is 3. The Hall–Kier alpha value is -1.53. The van der Waals surface area contributed by atoms with Gasteiger partial charge < -0.3 is 9.64 Å². The van der Waals surface area contributed by atoms with Crippen molar-refractivity contribution in [2.45, 2.75) is 0 Å². The average molecular weight is 248 g/mol. The topological polar surface area (TPSA) is 51.1 Å². The van der Waals surface area contributed by atoms with Gasteiger partial charge >= 0.3 is 0 Å². The Kier molecular flexibility index (Phi) is 2.98. The van der Waals surface area contributed by atoms with Crippen molar-refractivity contribution in [3.8, 4) is 10.7 Å². The van der Waals surface area contributed by atoms with Crippen molar-refractivity contribution in [3.05, 3.63) is 24.4 Å². The van der Waals surface area contributed by atoms with E-state index >= 15 is 0 Å². The normalized spacial score (nSPS) is 16.1. The van der Waals surface area contributed by atoms with Crippen LogP contribution in [0, 0.1) is 0 Å². The smallest absolute Gasteiger partial charge is 0.208 e. The van der Waals surface area contributed by atoms with E-state index in [4.69, 9.17) is 4.74 Å². The highest BCUT2D eigenvalue weighted by molar-refractivity contribution is 7.18. The molecular formula is C11H12N4OS. The molecule has 3 rings (SSSR count). The first-order valence-corrected chi connectivity index (χ1v) is 6.33. The quantitative estimate of drug-likeness (QED) is 0.805. The summed E-state index contributed by atoms with van der Waals surface area (Å²) < 4.78 is 5.32. The number of pyridine rings is 1. The zero-order valence-corrected chi connectivity index (χ0v) is 10.1. The number of rotatable bonds is 2. The van der Waals surface area contributed by atoms with Gasteiger partial charge in [-0.2, -0.15) is 0 Å². The van der Waals surface area contributed by atoms with Crippen molar-refractivity contribution in [3.63, 3.8) is 0 Å². The molecule has 0 atom stereocenters. The van der Waals surface area contributed by atoms with Crippen LogP contribution in [0.2, 0.25) is 0 Å². The molecule has 1 fully saturated rings. The summed E-state index contributed by atoms with van der Waals surface area (Å²) in [6.45, 7) is 3.30. The van der Waals surface area contributed by atoms with Crippen LogP contribution in [0.15, 0.2) is 24.4 Å². The largest absolute Gasteiger partial charge is 0.378 e. The summed E-state index contributed by atoms with van der Waals surface area (Å²) in [5.74, 6) is 0. The van der Waals surface area contributed by atoms with Gasteiger partial charge in [-0.05, 0) is 12.1 Å². The molecule has 0 amide bonds. The molecular weight excluding hydrogens is 236 g/mol. The van der Waals surface area contributed by atoms with Crippen LogP contribution in [0.4, 0.5) is 5.13 Å². The second-order valence-corrected chi connectivity index (χ2v) is 4.66. The summed E-state index contributed by atoms with van der Waals surface area (Å²) >= 11 is 1.58. The Bertz CT molecular complexity index is 481. The van der Waals surface area contributed by atoms with Crippen LogP contribution in [-0.2, 0) is 4.74 Å². The van der Waals surface area contributed by atoms with Crippen LogP contribution >= 0.6 is 11.3 Å². The Labute approximate surface area is 103 Å². The van der Waals surface area contributed by atoms with E-state index in [-0.39, 0.29) is 0 Å². The number of morpholine rings is 1. The maximum Gasteiger partial charge on any atom is 0.208 e. The third kappa shape index (κ3) is 2.27. The molecule has 3 heterocycles. The van der Waals surface area contributed by atoms with Gasteiger partial charge in [0.25, 0.3) is 0 Å². The number of nitrogens with zero attached hydrogens (tertiary/aromatic N) is 4. The fourth-order valence-electron chi connectivity index (χ4n) is 1.69. The number of anilines is 1. The van der Waals surface area contributed by atoms with Crippen molar-refractivity contribution < 1.29 is 4.74 Å². The highest BCUT2D eigenvalue weighted by atomic mass is 32.1. The summed E-state index contributed by atoms with van der Waals surface area (Å²) in [6, 6.07) is 5.80. The SMILES string of the molecule is c1ccc(-c2nnc(N3CCOCC3)s2)nc1. The van der Waals surface area contributed by atoms with Crippen LogP contribution < -0.4 is 4.90 Å². The van der Waals surface area contributed by atoms with Gasteiger partial charge in [0, 0.05) is 19.3 Å². The molecule has 6 heteroatoms. The van der Waals surface area contributed by atoms with Crippen LogP contribution in [-0.4, -0.2) is 41.5 Å². The molecule has 0 unspecified atom stereocenters. The van der Waals surface area contributed by atoms with Gasteiger partial charge in [0.05, 0.1) is 13.2 Å². The van der Waals surface area contributed by atoms with E-state index in [1.54, 1.807) is 17.5 Å². The first-order chi connectivity index (χ1) is 8.43. The molecule has 0 aromatic carbocycles. The molecule has 0 radical (unpaired) electrons. The maximum atomic E-state index is 5.32. The monoisotopic (exact) mass is 248 g/mol. The number of ether oxygens (including phenoxy) is 1. The molecule has 2 aromatic heterocycles. The van der Waals surface area contributed by atoms with E-state index in [0.29, 0.717) is 0 Å². The molecule has 1 aliphatic heterocycles. The average Bonchev–Trinajstić information content (AvgIpc) is 2.90. The predicted octanol–water partition coefficient (Wildman–Crippen LogP) is 1.44. The highest BCUT2D eigenvalue weighted by Gasteiger charge is 2.16. The molecule has 17 heavy (non-hydrogen) atoms. The van der Waals surface area contributed by atoms with E-state index in [2.05, 4.69) is 20.1 Å². The van der Waals surface area contributed by atoms with Crippen LogP contribution in [0.1, 0.15) is 0 Å². The standard InChI is InChI=1S/C11H12N4OS/c1-2-4-12-9(3-1)10-13-14-11(17-10)15-5-7-16-8-6-15/h1-4H,5-8H2. The van der Waals surface area contributed by atoms with Gasteiger partial charge in [0.15, 0.2) is 5.01 Å². The lowest BCUT2D eigenvalue weighted by atomic mass is 10.4. The van der Waals surface area contributed by atoms with Gasteiger partial charge in [0.1, 0.15) is 5.69 Å². The first kappa shape index (κ1) is 10.6. The lowest BCUT2D eigenvalue weighted by Crippen LogP contribution is -2.36. The second-order valence-electron chi connectivity index (χ2n) is 3.70. The van der Waals surface area contributed by atoms with Gasteiger partial charge in [-0.3, -0.25) is 4.98 Å². The molecule has 1 saturated heterocycles. The van der Waals surface area contributed by atoms with E-state index in [9.17, 15) is 0 Å². The first-order valence-electron chi connectivity index (χ1n) is 5.51. The summed E-state index contributed by atoms with van der Waals surface area (Å²) in [6.07, 6.45) is 1.77. The van der Waals surface area contributed by atoms with Crippen LogP contribution in [0.3, 0.4) is 0 Å². The molecule has 0 saturated carbocycles. The Morgan fingerprint density at radius 3 is 2.82 bits per heavy atom. The minimum atomic E-state index is 0.762. The summed E-state index contributed by atoms with van der Waals surface area (Å²) in [7, 11) is 0. The van der Waals surface area contributed by atoms with E-state index in [1.165, 1.54) is 0 Å². The fraction of sp³-hybridized carbons (Fsp3) is 0.364. The zero-order chi connectivity index (χ0) is 11.5. The molecule has 5 nitrogen and oxygen atoms in total. The van der Waals surface area contributed by atoms with Crippen molar-refractivity contribution in [2.75, 3.05) is 31.2 Å². The molecule has 1 aliphatic rings. The van der Waals surface area contributed by atoms with Crippen molar-refractivity contribution >= 4 is 16.5 Å². The summed E-state index contributed by atoms with van der Waals surface area (Å²) in [5.41, 5.74) is 0.879. The van der Waals surface area contributed by atoms with Gasteiger partial charge in [-0.15, -0.1) is 10.2 Å². The molecule has 0 N–H and O–H groups in total. The van der Waals surface area contributed by atoms with Gasteiger partial charge in [-0.25, -0.2) is 0 Å². The Morgan fingerprint density at radius 2 is 2.06 bits per heavy atom. The van der Waals surface area contributed by atoms with Crippen molar-refractivity contribution in [1.82, 2.24) is 15.2 Å². The van der Waals surface area contributed by atoms with Crippen molar-refractivity contribution in [2.24, 2.45) is 0 Å². The molecule has 88 valence electrons. The minimum Gasteiger partial charge on any atom is -0.378 e. The zero-order valence-electron chi connectivity index (χ0n) is 9.24. The third-order valence-electron chi connectivity index (χ3n) is 2.58. The third-order valence-corrected chi connectivity index (χ3v) is 3.59. The fourth-order valence-corrected chi connectivity index (χ4v) is 2.56. The molecule has 2 aromatic rings. The Morgan fingerprint density at radius 1 is 1.18 bits per heavy atom. The highest BCUT2D eigenvalue weighted by Crippen LogP contribution is 2.27. The van der Waals surface area contributed by atoms with Crippen molar-refractivity contribution in [1.29, 1.82) is 0 Å². The Balaban J connectivity index is 1.83. The van der Waals surface area contributed by atoms with Gasteiger partial charge in [0.2, 0.25) is 5.13 Å². The molecule has 0 aliphatic carbocycles. The second kappa shape index (κ2) is 4.77. The lowest BCUT2D eigenvalue weighted by Gasteiger charge is -2.25. The van der Waals surface area contributed by atoms with Crippen LogP contribution in [0.5, 0.6) is 0 Å². The van der Waals surface area contributed by atoms with E-state index in [0.717, 1.165) is 42.1 Å². The maximum absolute atomic E-state index is 5.32. The number of hydrogen-bond acceptors (Lipinski definition) is 6. The number of hydrogen-bond donors (Lipinski definition) is 0. The summed E-state index contributed by atoms with van der Waals surface area (Å²) in [5, 5.41) is 10.2. The van der Waals surface area contributed by atoms with E-state index in [1.807, 2.05) is 18.2 Å².